The summed E-state index contributed by atoms with van der Waals surface area (Å²) in [6, 6.07) is 16.2. The van der Waals surface area contributed by atoms with Crippen LogP contribution in [0.1, 0.15) is 159 Å². The fourth-order valence-corrected chi connectivity index (χ4v) is 15.1. The lowest BCUT2D eigenvalue weighted by Crippen LogP contribution is -2.57. The SMILES string of the molecule is CC[C@@]1(O)C(=O)OCc2c1cc1n(c2=O)Cc2cc3c(COC(C)(C)C)c(OC(=O)N4CCN(CCCCCCN(C)c5ccc(C6C[C@@]7(C)[C@@H](CC[C@]7(OC(C)=O)C(C)=O)[C@@H]7CCC8=CC(=O)CCC8=C67)cc5)CC4)ccc3nc2-1. The molecule has 5 heterocycles. The maximum absolute atomic E-state index is 13.9. The Bertz CT molecular complexity index is 3350. The average molecular weight is 1110 g/mol. The van der Waals surface area contributed by atoms with Crippen molar-refractivity contribution in [2.24, 2.45) is 17.3 Å². The second-order valence-corrected chi connectivity index (χ2v) is 25.2. The average Bonchev–Trinajstić information content (AvgIpc) is 2.21. The minimum Gasteiger partial charge on any atom is -0.458 e. The fraction of sp³-hybridized carbons (Fsp3) is 0.554. The third kappa shape index (κ3) is 10.1. The Labute approximate surface area is 474 Å². The molecule has 4 aromatic rings. The topological polar surface area (TPSA) is 187 Å². The van der Waals surface area contributed by atoms with Gasteiger partial charge in [0.1, 0.15) is 12.4 Å². The van der Waals surface area contributed by atoms with Crippen LogP contribution in [0.4, 0.5) is 10.5 Å². The zero-order chi connectivity index (χ0) is 57.3. The Morgan fingerprint density at radius 3 is 2.40 bits per heavy atom. The maximum atomic E-state index is 13.9. The number of pyridine rings is 2. The minimum atomic E-state index is -1.92. The van der Waals surface area contributed by atoms with Gasteiger partial charge in [0, 0.05) is 92.2 Å². The van der Waals surface area contributed by atoms with Gasteiger partial charge >= 0.3 is 18.0 Å². The number of fused-ring (bicyclic) bond motifs is 9. The highest BCUT2D eigenvalue weighted by Crippen LogP contribution is 2.68. The maximum Gasteiger partial charge on any atom is 0.415 e. The summed E-state index contributed by atoms with van der Waals surface area (Å²) in [4.78, 5) is 90.8. The number of piperazine rings is 1. The van der Waals surface area contributed by atoms with E-state index in [9.17, 15) is 33.9 Å². The largest absolute Gasteiger partial charge is 0.458 e. The first-order valence-corrected chi connectivity index (χ1v) is 29.6. The van der Waals surface area contributed by atoms with E-state index in [1.807, 2.05) is 39.0 Å². The number of carbonyl (C=O) groups excluding carboxylic acids is 5. The van der Waals surface area contributed by atoms with Crippen LogP contribution in [-0.2, 0) is 58.7 Å². The number of ether oxygens (including phenoxy) is 4. The van der Waals surface area contributed by atoms with Gasteiger partial charge in [-0.05, 0) is 163 Å². The molecule has 430 valence electrons. The van der Waals surface area contributed by atoms with Crippen molar-refractivity contribution in [3.63, 3.8) is 0 Å². The summed E-state index contributed by atoms with van der Waals surface area (Å²) in [5.41, 5.74) is 5.68. The van der Waals surface area contributed by atoms with E-state index in [0.717, 1.165) is 94.2 Å². The normalized spacial score (nSPS) is 26.0. The zero-order valence-electron chi connectivity index (χ0n) is 48.5. The molecule has 2 aromatic heterocycles. The highest BCUT2D eigenvalue weighted by molar-refractivity contribution is 5.93. The second-order valence-electron chi connectivity index (χ2n) is 25.2. The number of esters is 2. The predicted octanol–water partition coefficient (Wildman–Crippen LogP) is 10.00. The number of aliphatic hydroxyl groups is 1. The fourth-order valence-electron chi connectivity index (χ4n) is 15.1. The van der Waals surface area contributed by atoms with Crippen LogP contribution in [0.5, 0.6) is 5.75 Å². The number of unbranched alkanes of at least 4 members (excludes halogenated alkanes) is 3. The minimum absolute atomic E-state index is 0.0540. The van der Waals surface area contributed by atoms with Crippen LogP contribution in [0.15, 0.2) is 76.1 Å². The molecule has 0 radical (unpaired) electrons. The Kier molecular flexibility index (Phi) is 15.1. The number of hydrogen-bond acceptors (Lipinski definition) is 14. The van der Waals surface area contributed by atoms with Crippen molar-refractivity contribution in [1.82, 2.24) is 19.4 Å². The van der Waals surface area contributed by atoms with E-state index < -0.39 is 40.2 Å². The summed E-state index contributed by atoms with van der Waals surface area (Å²) in [5, 5.41) is 12.1. The molecule has 1 saturated heterocycles. The monoisotopic (exact) mass is 1110 g/mol. The summed E-state index contributed by atoms with van der Waals surface area (Å²) >= 11 is 0. The Morgan fingerprint density at radius 2 is 1.68 bits per heavy atom. The first kappa shape index (κ1) is 56.4. The van der Waals surface area contributed by atoms with Gasteiger partial charge in [-0.2, -0.15) is 0 Å². The molecule has 6 atom stereocenters. The van der Waals surface area contributed by atoms with E-state index in [0.29, 0.717) is 60.6 Å². The van der Waals surface area contributed by atoms with E-state index in [2.05, 4.69) is 48.0 Å². The van der Waals surface area contributed by atoms with Crippen LogP contribution in [0.3, 0.4) is 0 Å². The van der Waals surface area contributed by atoms with Gasteiger partial charge in [0.05, 0.1) is 41.2 Å². The molecule has 16 nitrogen and oxygen atoms in total. The number of allylic oxidation sites excluding steroid dienone is 4. The van der Waals surface area contributed by atoms with E-state index >= 15 is 0 Å². The number of benzene rings is 2. The van der Waals surface area contributed by atoms with Crippen molar-refractivity contribution in [2.45, 2.75) is 168 Å². The molecule has 2 aromatic carbocycles. The highest BCUT2D eigenvalue weighted by atomic mass is 16.6. The number of nitrogens with zero attached hydrogens (tertiary/aromatic N) is 5. The van der Waals surface area contributed by atoms with Gasteiger partial charge in [-0.25, -0.2) is 14.6 Å². The van der Waals surface area contributed by atoms with E-state index in [1.165, 1.54) is 29.2 Å². The van der Waals surface area contributed by atoms with Gasteiger partial charge in [-0.15, -0.1) is 0 Å². The van der Waals surface area contributed by atoms with Crippen molar-refractivity contribution in [3.05, 3.63) is 109 Å². The van der Waals surface area contributed by atoms with E-state index in [4.69, 9.17) is 23.9 Å². The molecule has 1 N–H and O–H groups in total. The molecule has 3 fully saturated rings. The molecule has 11 rings (SSSR count). The van der Waals surface area contributed by atoms with E-state index in [-0.39, 0.29) is 72.2 Å². The first-order chi connectivity index (χ1) is 38.6. The Morgan fingerprint density at radius 1 is 0.926 bits per heavy atom. The highest BCUT2D eigenvalue weighted by Gasteiger charge is 2.67. The quantitative estimate of drug-likeness (QED) is 0.0771. The van der Waals surface area contributed by atoms with Crippen molar-refractivity contribution in [1.29, 1.82) is 0 Å². The molecule has 81 heavy (non-hydrogen) atoms. The summed E-state index contributed by atoms with van der Waals surface area (Å²) in [7, 11) is 2.15. The van der Waals surface area contributed by atoms with E-state index in [1.54, 1.807) is 35.4 Å². The third-order valence-corrected chi connectivity index (χ3v) is 19.4. The molecule has 0 spiro atoms. The number of Topliss-reactive ketones (excluding diaryl/α,β-unsaturated/α-hetero) is 1. The molecule has 0 bridgehead atoms. The van der Waals surface area contributed by atoms with Crippen LogP contribution in [-0.4, -0.2) is 112 Å². The van der Waals surface area contributed by atoms with Crippen LogP contribution in [0.25, 0.3) is 22.3 Å². The van der Waals surface area contributed by atoms with Crippen molar-refractivity contribution >= 4 is 46.2 Å². The van der Waals surface area contributed by atoms with Crippen LogP contribution in [0, 0.1) is 17.3 Å². The van der Waals surface area contributed by atoms with Crippen molar-refractivity contribution < 1.29 is 48.0 Å². The van der Waals surface area contributed by atoms with Gasteiger partial charge in [0.2, 0.25) is 0 Å². The summed E-state index contributed by atoms with van der Waals surface area (Å²) in [6.07, 6.45) is 11.1. The first-order valence-electron chi connectivity index (χ1n) is 29.6. The Balaban J connectivity index is 0.682. The lowest BCUT2D eigenvalue weighted by molar-refractivity contribution is -0.182. The van der Waals surface area contributed by atoms with Gasteiger partial charge in [-0.3, -0.25) is 24.1 Å². The van der Waals surface area contributed by atoms with Crippen molar-refractivity contribution in [2.75, 3.05) is 51.2 Å². The van der Waals surface area contributed by atoms with Gasteiger partial charge in [0.15, 0.2) is 22.8 Å². The van der Waals surface area contributed by atoms with Crippen LogP contribution >= 0.6 is 0 Å². The summed E-state index contributed by atoms with van der Waals surface area (Å²) in [5.74, 6) is -0.0955. The number of anilines is 1. The molecular weight excluding hydrogens is 1030 g/mol. The van der Waals surface area contributed by atoms with Gasteiger partial charge < -0.3 is 38.4 Å². The Hall–Kier alpha value is -6.49. The zero-order valence-corrected chi connectivity index (χ0v) is 48.5. The standard InChI is InChI=1S/C65H79N5O11/c1-9-64(77)53-34-55-58-43(36-70(55)59(74)51(53)37-78-60(64)75)33-48-50(38-79-62(4,5)6)56(23-22-54(48)66-58)80-61(76)69-30-28-68(29-31-69)27-13-11-10-12-26-67(8)44-17-14-41(15-18-44)49-35-63(7)52(24-25-65(63,39(2)71)81-40(3)72)47-20-16-42-32-45(73)19-21-46(42)57(47)49/h14-15,17-18,22-23,32-34,47,49,52,77H,9-13,16,19-21,24-31,35-38H2,1-8H3/t47-,49?,52-,63-,64-,65-/m0/s1. The number of carbonyl (C=O) groups is 5. The van der Waals surface area contributed by atoms with Gasteiger partial charge in [-0.1, -0.05) is 44.4 Å². The summed E-state index contributed by atoms with van der Waals surface area (Å²) < 4.78 is 25.5. The third-order valence-electron chi connectivity index (χ3n) is 19.4. The van der Waals surface area contributed by atoms with Crippen molar-refractivity contribution in [3.8, 4) is 17.1 Å². The molecule has 1 unspecified atom stereocenters. The number of cyclic esters (lactones) is 1. The van der Waals surface area contributed by atoms with Gasteiger partial charge in [0.25, 0.3) is 5.56 Å². The molecule has 16 heteroatoms. The number of hydrogen-bond donors (Lipinski definition) is 1. The molecule has 7 aliphatic rings. The number of ketones is 2. The number of amides is 1. The number of aromatic nitrogens is 2. The lowest BCUT2D eigenvalue weighted by Gasteiger charge is -2.55. The molecule has 2 saturated carbocycles. The van der Waals surface area contributed by atoms with Crippen LogP contribution < -0.4 is 15.2 Å². The smallest absolute Gasteiger partial charge is 0.415 e. The van der Waals surface area contributed by atoms with Crippen LogP contribution in [0.2, 0.25) is 0 Å². The lowest BCUT2D eigenvalue weighted by atomic mass is 9.50. The summed E-state index contributed by atoms with van der Waals surface area (Å²) in [6.45, 7) is 17.5. The molecule has 1 amide bonds. The molecular formula is C65H79N5O11. The number of rotatable bonds is 15. The second kappa shape index (κ2) is 21.7. The predicted molar refractivity (Wildman–Crippen MR) is 307 cm³/mol. The molecule has 4 aliphatic carbocycles. The molecule has 3 aliphatic heterocycles.